The first-order valence-electron chi connectivity index (χ1n) is 14.2. The number of carboxylic acid groups (broad SMARTS) is 1. The molecular weight excluding hydrogens is 462 g/mol. The van der Waals surface area contributed by atoms with Gasteiger partial charge < -0.3 is 9.67 Å². The van der Waals surface area contributed by atoms with E-state index in [2.05, 4.69) is 4.90 Å². The van der Waals surface area contributed by atoms with Crippen LogP contribution in [0.5, 0.6) is 0 Å². The highest BCUT2D eigenvalue weighted by atomic mass is 16.4. The lowest BCUT2D eigenvalue weighted by Crippen LogP contribution is -2.50. The molecule has 1 saturated carbocycles. The average molecular weight is 500 g/mol. The minimum Gasteiger partial charge on any atom is -0.478 e. The number of para-hydroxylation sites is 2. The summed E-state index contributed by atoms with van der Waals surface area (Å²) < 4.78 is 2.02. The number of nitrogens with zero attached hydrogens (tertiary/aromatic N) is 3. The Hall–Kier alpha value is -2.99. The molecule has 194 valence electrons. The van der Waals surface area contributed by atoms with Crippen molar-refractivity contribution in [2.75, 3.05) is 0 Å². The van der Waals surface area contributed by atoms with Crippen LogP contribution in [0.15, 0.2) is 53.3 Å². The molecule has 3 aromatic rings. The Labute approximate surface area is 218 Å². The maximum atomic E-state index is 14.0. The van der Waals surface area contributed by atoms with E-state index in [1.54, 1.807) is 18.2 Å². The van der Waals surface area contributed by atoms with Crippen LogP contribution in [0.1, 0.15) is 98.3 Å². The third-order valence-corrected chi connectivity index (χ3v) is 9.09. The molecular formula is C31H37N3O3. The molecule has 2 aliphatic heterocycles. The molecule has 0 radical (unpaired) electrons. The lowest BCUT2D eigenvalue weighted by molar-refractivity contribution is 0.0497. The number of hydrogen-bond donors (Lipinski definition) is 1. The van der Waals surface area contributed by atoms with E-state index in [9.17, 15) is 14.7 Å². The summed E-state index contributed by atoms with van der Waals surface area (Å²) in [7, 11) is 0. The molecule has 37 heavy (non-hydrogen) atoms. The molecule has 3 aliphatic rings. The fourth-order valence-electron chi connectivity index (χ4n) is 7.47. The van der Waals surface area contributed by atoms with Crippen LogP contribution in [0.3, 0.4) is 0 Å². The van der Waals surface area contributed by atoms with Crippen LogP contribution >= 0.6 is 0 Å². The van der Waals surface area contributed by atoms with Gasteiger partial charge in [-0.25, -0.2) is 9.78 Å². The highest BCUT2D eigenvalue weighted by Crippen LogP contribution is 2.44. The highest BCUT2D eigenvalue weighted by Gasteiger charge is 2.44. The number of rotatable bonds is 5. The first-order valence-corrected chi connectivity index (χ1v) is 14.2. The number of carbonyl (C=O) groups is 1. The monoisotopic (exact) mass is 499 g/mol. The van der Waals surface area contributed by atoms with E-state index in [1.165, 1.54) is 57.8 Å². The van der Waals surface area contributed by atoms with E-state index < -0.39 is 5.97 Å². The Bertz CT molecular complexity index is 1330. The number of aromatic nitrogens is 2. The summed E-state index contributed by atoms with van der Waals surface area (Å²) in [6.07, 6.45) is 14.2. The van der Waals surface area contributed by atoms with E-state index in [0.717, 1.165) is 23.9 Å². The molecule has 6 nitrogen and oxygen atoms in total. The van der Waals surface area contributed by atoms with Gasteiger partial charge in [0.2, 0.25) is 0 Å². The second-order valence-electron chi connectivity index (χ2n) is 11.3. The van der Waals surface area contributed by atoms with Crippen LogP contribution in [0.4, 0.5) is 0 Å². The van der Waals surface area contributed by atoms with E-state index >= 15 is 0 Å². The second kappa shape index (κ2) is 10.4. The molecule has 1 N–H and O–H groups in total. The normalized spacial score (nSPS) is 25.1. The minimum atomic E-state index is -0.977. The van der Waals surface area contributed by atoms with Crippen molar-refractivity contribution in [2.24, 2.45) is 0 Å². The Morgan fingerprint density at radius 2 is 1.46 bits per heavy atom. The number of fused-ring (bicyclic) bond motifs is 3. The topological polar surface area (TPSA) is 75.4 Å². The van der Waals surface area contributed by atoms with Gasteiger partial charge in [-0.05, 0) is 62.3 Å². The quantitative estimate of drug-likeness (QED) is 0.468. The van der Waals surface area contributed by atoms with Crippen LogP contribution in [0.25, 0.3) is 11.0 Å². The summed E-state index contributed by atoms with van der Waals surface area (Å²) in [5, 5.41) is 9.67. The summed E-state index contributed by atoms with van der Waals surface area (Å²) in [5.74, 6) is -0.977. The van der Waals surface area contributed by atoms with Gasteiger partial charge in [0.05, 0.1) is 16.6 Å². The molecule has 3 atom stereocenters. The van der Waals surface area contributed by atoms with Gasteiger partial charge in [0.1, 0.15) is 5.69 Å². The molecule has 2 bridgehead atoms. The molecule has 0 amide bonds. The fourth-order valence-corrected chi connectivity index (χ4v) is 7.47. The van der Waals surface area contributed by atoms with E-state index in [1.807, 2.05) is 34.9 Å². The minimum absolute atomic E-state index is 0.0669. The first kappa shape index (κ1) is 24.4. The molecule has 1 aromatic heterocycles. The third kappa shape index (κ3) is 4.72. The fraction of sp³-hybridized carbons (Fsp3) is 0.516. The number of hydrogen-bond acceptors (Lipinski definition) is 4. The Morgan fingerprint density at radius 1 is 0.811 bits per heavy atom. The SMILES string of the molecule is O=C(O)c1ccccc1Cc1nc2ccccc2n(C2C[C@H]3CC[C@@H](C2)N3C2CCCCCCC2)c1=O. The van der Waals surface area contributed by atoms with Crippen molar-refractivity contribution < 1.29 is 9.90 Å². The van der Waals surface area contributed by atoms with Crippen LogP contribution in [-0.2, 0) is 6.42 Å². The zero-order valence-corrected chi connectivity index (χ0v) is 21.5. The van der Waals surface area contributed by atoms with Crippen molar-refractivity contribution in [3.8, 4) is 0 Å². The van der Waals surface area contributed by atoms with Gasteiger partial charge in [0.15, 0.2) is 0 Å². The van der Waals surface area contributed by atoms with Crippen LogP contribution in [0, 0.1) is 0 Å². The standard InChI is InChI=1S/C31H37N3O3/c35-30-28(18-21-10-6-7-13-26(21)31(36)37)32-27-14-8-9-15-29(27)34(30)25-19-23-16-17-24(20-25)33(23)22-11-4-2-1-3-5-12-22/h6-10,13-15,22-25H,1-5,11-12,16-20H2,(H,36,37)/t23-,24+,25?. The molecule has 0 spiro atoms. The maximum absolute atomic E-state index is 14.0. The lowest BCUT2D eigenvalue weighted by atomic mass is 9.89. The van der Waals surface area contributed by atoms with Gasteiger partial charge in [-0.3, -0.25) is 9.69 Å². The predicted octanol–water partition coefficient (Wildman–Crippen LogP) is 5.97. The summed E-state index contributed by atoms with van der Waals surface area (Å²) in [4.78, 5) is 33.4. The number of piperidine rings is 1. The smallest absolute Gasteiger partial charge is 0.335 e. The van der Waals surface area contributed by atoms with E-state index in [-0.39, 0.29) is 23.6 Å². The van der Waals surface area contributed by atoms with Crippen molar-refractivity contribution in [1.82, 2.24) is 14.5 Å². The summed E-state index contributed by atoms with van der Waals surface area (Å²) in [6.45, 7) is 0. The van der Waals surface area contributed by atoms with Crippen molar-refractivity contribution >= 4 is 17.0 Å². The zero-order chi connectivity index (χ0) is 25.4. The Kier molecular flexibility index (Phi) is 6.85. The van der Waals surface area contributed by atoms with Crippen LogP contribution < -0.4 is 5.56 Å². The predicted molar refractivity (Wildman–Crippen MR) is 145 cm³/mol. The van der Waals surface area contributed by atoms with Crippen LogP contribution in [-0.4, -0.2) is 43.7 Å². The van der Waals surface area contributed by atoms with E-state index in [4.69, 9.17) is 4.98 Å². The molecule has 2 saturated heterocycles. The van der Waals surface area contributed by atoms with Gasteiger partial charge in [-0.15, -0.1) is 0 Å². The maximum Gasteiger partial charge on any atom is 0.335 e. The van der Waals surface area contributed by atoms with Crippen molar-refractivity contribution in [1.29, 1.82) is 0 Å². The van der Waals surface area contributed by atoms with Crippen LogP contribution in [0.2, 0.25) is 0 Å². The molecule has 1 aliphatic carbocycles. The van der Waals surface area contributed by atoms with Gasteiger partial charge in [-0.1, -0.05) is 62.4 Å². The van der Waals surface area contributed by atoms with Crippen molar-refractivity contribution in [3.63, 3.8) is 0 Å². The van der Waals surface area contributed by atoms with Gasteiger partial charge in [0, 0.05) is 30.6 Å². The summed E-state index contributed by atoms with van der Waals surface area (Å²) in [5.41, 5.74) is 2.92. The van der Waals surface area contributed by atoms with Gasteiger partial charge in [0.25, 0.3) is 5.56 Å². The zero-order valence-electron chi connectivity index (χ0n) is 21.5. The largest absolute Gasteiger partial charge is 0.478 e. The number of benzene rings is 2. The highest BCUT2D eigenvalue weighted by molar-refractivity contribution is 5.89. The lowest BCUT2D eigenvalue weighted by Gasteiger charge is -2.45. The Morgan fingerprint density at radius 3 is 2.19 bits per heavy atom. The molecule has 2 aromatic carbocycles. The first-order chi connectivity index (χ1) is 18.1. The Balaban J connectivity index is 1.34. The number of aromatic carboxylic acids is 1. The second-order valence-corrected chi connectivity index (χ2v) is 11.3. The van der Waals surface area contributed by atoms with Crippen molar-refractivity contribution in [2.45, 2.75) is 101 Å². The third-order valence-electron chi connectivity index (χ3n) is 9.09. The molecule has 3 heterocycles. The molecule has 1 unspecified atom stereocenters. The van der Waals surface area contributed by atoms with Gasteiger partial charge in [-0.2, -0.15) is 0 Å². The van der Waals surface area contributed by atoms with E-state index in [0.29, 0.717) is 29.4 Å². The van der Waals surface area contributed by atoms with Gasteiger partial charge >= 0.3 is 5.97 Å². The average Bonchev–Trinajstić information content (AvgIpc) is 3.13. The van der Waals surface area contributed by atoms with Crippen molar-refractivity contribution in [3.05, 3.63) is 75.7 Å². The number of carboxylic acids is 1. The summed E-state index contributed by atoms with van der Waals surface area (Å²) >= 11 is 0. The summed E-state index contributed by atoms with van der Waals surface area (Å²) in [6, 6.07) is 16.8. The molecule has 6 rings (SSSR count). The molecule has 6 heteroatoms. The molecule has 3 fully saturated rings.